The van der Waals surface area contributed by atoms with Gasteiger partial charge >= 0.3 is 5.69 Å². The van der Waals surface area contributed by atoms with Crippen molar-refractivity contribution in [3.63, 3.8) is 0 Å². The summed E-state index contributed by atoms with van der Waals surface area (Å²) in [6.07, 6.45) is 1.72. The van der Waals surface area contributed by atoms with E-state index in [1.165, 1.54) is 16.4 Å². The highest BCUT2D eigenvalue weighted by atomic mass is 32.2. The third kappa shape index (κ3) is 5.02. The van der Waals surface area contributed by atoms with Gasteiger partial charge in [-0.3, -0.25) is 14.9 Å². The van der Waals surface area contributed by atoms with Crippen molar-refractivity contribution in [1.29, 1.82) is 0 Å². The third-order valence-corrected chi connectivity index (χ3v) is 7.06. The van der Waals surface area contributed by atoms with E-state index in [0.717, 1.165) is 17.5 Å². The van der Waals surface area contributed by atoms with Crippen LogP contribution in [-0.4, -0.2) is 47.7 Å². The normalized spacial score (nSPS) is 11.5. The molecule has 0 amide bonds. The van der Waals surface area contributed by atoms with Crippen LogP contribution in [0.5, 0.6) is 5.75 Å². The Morgan fingerprint density at radius 3 is 2.45 bits per heavy atom. The Morgan fingerprint density at radius 2 is 1.90 bits per heavy atom. The zero-order valence-electron chi connectivity index (χ0n) is 18.1. The molecule has 2 rings (SSSR count). The first-order valence-corrected chi connectivity index (χ1v) is 11.2. The molecule has 0 atom stereocenters. The Morgan fingerprint density at radius 1 is 1.26 bits per heavy atom. The molecule has 0 aliphatic carbocycles. The second-order valence-electron chi connectivity index (χ2n) is 6.87. The summed E-state index contributed by atoms with van der Waals surface area (Å²) < 4.78 is 33.9. The van der Waals surface area contributed by atoms with Gasteiger partial charge in [0.05, 0.1) is 9.82 Å². The van der Waals surface area contributed by atoms with Gasteiger partial charge in [0.25, 0.3) is 0 Å². The fourth-order valence-electron chi connectivity index (χ4n) is 3.35. The molecule has 0 aliphatic heterocycles. The lowest BCUT2D eigenvalue weighted by Gasteiger charge is -2.18. The molecule has 0 fully saturated rings. The number of carbonyl (C=O) groups is 1. The average Bonchev–Trinajstić information content (AvgIpc) is 3.01. The number of benzene rings is 1. The molecule has 0 spiro atoms. The molecule has 31 heavy (non-hydrogen) atoms. The van der Waals surface area contributed by atoms with Crippen LogP contribution in [-0.2, 0) is 16.6 Å². The molecule has 0 aliphatic rings. The van der Waals surface area contributed by atoms with Crippen LogP contribution in [0.4, 0.5) is 5.69 Å². The van der Waals surface area contributed by atoms with Crippen LogP contribution in [0.3, 0.4) is 0 Å². The summed E-state index contributed by atoms with van der Waals surface area (Å²) in [6, 6.07) is 5.15. The number of hydrogen-bond acceptors (Lipinski definition) is 6. The molecule has 9 nitrogen and oxygen atoms in total. The molecule has 168 valence electrons. The van der Waals surface area contributed by atoms with Crippen molar-refractivity contribution in [3.05, 3.63) is 64.0 Å². The van der Waals surface area contributed by atoms with Crippen molar-refractivity contribution >= 4 is 21.5 Å². The fourth-order valence-corrected chi connectivity index (χ4v) is 4.83. The maximum atomic E-state index is 12.7. The number of allylic oxidation sites excluding steroid dienone is 1. The SMILES string of the molecule is C=CCn1c(C)cc(C(=O)COc2ccc(S(=O)(=O)N(CC)CC)cc2[N+](=O)[O-])c1C. The lowest BCUT2D eigenvalue weighted by atomic mass is 10.1. The quantitative estimate of drug-likeness (QED) is 0.225. The van der Waals surface area contributed by atoms with Crippen molar-refractivity contribution in [3.8, 4) is 5.75 Å². The zero-order chi connectivity index (χ0) is 23.3. The number of carbonyl (C=O) groups excluding carboxylic acids is 1. The monoisotopic (exact) mass is 449 g/mol. The van der Waals surface area contributed by atoms with Crippen molar-refractivity contribution in [2.75, 3.05) is 19.7 Å². The number of nitro benzene ring substituents is 1. The topological polar surface area (TPSA) is 112 Å². The maximum Gasteiger partial charge on any atom is 0.312 e. The van der Waals surface area contributed by atoms with Crippen molar-refractivity contribution in [2.24, 2.45) is 0 Å². The number of rotatable bonds is 11. The predicted molar refractivity (Wildman–Crippen MR) is 117 cm³/mol. The Balaban J connectivity index is 2.30. The number of ether oxygens (including phenoxy) is 1. The highest BCUT2D eigenvalue weighted by Crippen LogP contribution is 2.31. The molecule has 2 aromatic rings. The summed E-state index contributed by atoms with van der Waals surface area (Å²) >= 11 is 0. The minimum absolute atomic E-state index is 0.170. The van der Waals surface area contributed by atoms with E-state index in [0.29, 0.717) is 12.1 Å². The van der Waals surface area contributed by atoms with Gasteiger partial charge in [-0.2, -0.15) is 4.31 Å². The van der Waals surface area contributed by atoms with E-state index in [4.69, 9.17) is 4.74 Å². The third-order valence-electron chi connectivity index (χ3n) is 5.01. The number of aromatic nitrogens is 1. The number of sulfonamides is 1. The van der Waals surface area contributed by atoms with Crippen molar-refractivity contribution in [2.45, 2.75) is 39.1 Å². The minimum atomic E-state index is -3.87. The van der Waals surface area contributed by atoms with Crippen molar-refractivity contribution in [1.82, 2.24) is 8.87 Å². The highest BCUT2D eigenvalue weighted by molar-refractivity contribution is 7.89. The van der Waals surface area contributed by atoms with E-state index in [-0.39, 0.29) is 29.5 Å². The Kier molecular flexibility index (Phi) is 7.75. The molecular formula is C21H27N3O6S. The van der Waals surface area contributed by atoms with Gasteiger partial charge in [-0.05, 0) is 32.0 Å². The van der Waals surface area contributed by atoms with Gasteiger partial charge in [0, 0.05) is 42.7 Å². The second-order valence-corrected chi connectivity index (χ2v) is 8.81. The number of hydrogen-bond donors (Lipinski definition) is 0. The molecule has 0 saturated heterocycles. The lowest BCUT2D eigenvalue weighted by Crippen LogP contribution is -2.30. The number of ketones is 1. The van der Waals surface area contributed by atoms with E-state index >= 15 is 0 Å². The standard InChI is InChI=1S/C21H27N3O6S/c1-6-11-23-15(4)12-18(16(23)5)20(25)14-30-21-10-9-17(13-19(21)24(26)27)31(28,29)22(7-2)8-3/h6,9-10,12-13H,1,7-8,11,14H2,2-5H3. The molecule has 10 heteroatoms. The molecule has 0 bridgehead atoms. The summed E-state index contributed by atoms with van der Waals surface area (Å²) in [5, 5.41) is 11.5. The highest BCUT2D eigenvalue weighted by Gasteiger charge is 2.27. The summed E-state index contributed by atoms with van der Waals surface area (Å²) in [4.78, 5) is 23.2. The van der Waals surface area contributed by atoms with Gasteiger partial charge in [-0.15, -0.1) is 6.58 Å². The van der Waals surface area contributed by atoms with Crippen LogP contribution in [0.1, 0.15) is 35.6 Å². The molecule has 0 radical (unpaired) electrons. The maximum absolute atomic E-state index is 12.7. The summed E-state index contributed by atoms with van der Waals surface area (Å²) in [6.45, 7) is 11.4. The molecule has 0 saturated carbocycles. The van der Waals surface area contributed by atoms with E-state index in [1.54, 1.807) is 32.9 Å². The van der Waals surface area contributed by atoms with Gasteiger partial charge in [0.2, 0.25) is 15.8 Å². The smallest absolute Gasteiger partial charge is 0.312 e. The molecule has 1 aromatic heterocycles. The fraction of sp³-hybridized carbons (Fsp3) is 0.381. The number of aryl methyl sites for hydroxylation is 1. The largest absolute Gasteiger partial charge is 0.478 e. The number of nitro groups is 1. The summed E-state index contributed by atoms with van der Waals surface area (Å²) in [7, 11) is -3.87. The molecule has 1 aromatic carbocycles. The van der Waals surface area contributed by atoms with Crippen LogP contribution < -0.4 is 4.74 Å². The first kappa shape index (κ1) is 24.3. The van der Waals surface area contributed by atoms with E-state index in [1.807, 2.05) is 11.5 Å². The molecule has 0 unspecified atom stereocenters. The van der Waals surface area contributed by atoms with Crippen LogP contribution in [0.25, 0.3) is 0 Å². The Labute approximate surface area is 182 Å². The van der Waals surface area contributed by atoms with E-state index in [2.05, 4.69) is 6.58 Å². The van der Waals surface area contributed by atoms with Crippen LogP contribution in [0.15, 0.2) is 41.8 Å². The van der Waals surface area contributed by atoms with E-state index in [9.17, 15) is 23.3 Å². The predicted octanol–water partition coefficient (Wildman–Crippen LogP) is 3.49. The first-order chi connectivity index (χ1) is 14.6. The second kappa shape index (κ2) is 9.88. The summed E-state index contributed by atoms with van der Waals surface area (Å²) in [5.74, 6) is -0.505. The van der Waals surface area contributed by atoms with Gasteiger partial charge in [-0.1, -0.05) is 19.9 Å². The van der Waals surface area contributed by atoms with Crippen LogP contribution >= 0.6 is 0 Å². The van der Waals surface area contributed by atoms with Crippen LogP contribution in [0.2, 0.25) is 0 Å². The van der Waals surface area contributed by atoms with Crippen LogP contribution in [0, 0.1) is 24.0 Å². The zero-order valence-corrected chi connectivity index (χ0v) is 18.9. The molecule has 1 heterocycles. The van der Waals surface area contributed by atoms with Gasteiger partial charge in [-0.25, -0.2) is 8.42 Å². The van der Waals surface area contributed by atoms with E-state index < -0.39 is 27.2 Å². The summed E-state index contributed by atoms with van der Waals surface area (Å²) in [5.41, 5.74) is 1.58. The number of nitrogens with zero attached hydrogens (tertiary/aromatic N) is 3. The van der Waals surface area contributed by atoms with Gasteiger partial charge in [0.1, 0.15) is 0 Å². The Hall–Kier alpha value is -2.98. The molecular weight excluding hydrogens is 422 g/mol. The van der Waals surface area contributed by atoms with Gasteiger partial charge in [0.15, 0.2) is 12.4 Å². The minimum Gasteiger partial charge on any atom is -0.478 e. The molecule has 0 N–H and O–H groups in total. The number of Topliss-reactive ketones (excluding diaryl/α,β-unsaturated/α-hetero) is 1. The van der Waals surface area contributed by atoms with Crippen molar-refractivity contribution < 1.29 is 22.9 Å². The Bertz CT molecular complexity index is 1100. The first-order valence-electron chi connectivity index (χ1n) is 9.80. The lowest BCUT2D eigenvalue weighted by molar-refractivity contribution is -0.386. The van der Waals surface area contributed by atoms with Gasteiger partial charge < -0.3 is 9.30 Å². The average molecular weight is 450 g/mol.